The predicted octanol–water partition coefficient (Wildman–Crippen LogP) is 4.16. The highest BCUT2D eigenvalue weighted by atomic mass is 19.1. The third-order valence-electron chi connectivity index (χ3n) is 5.84. The number of halogens is 1. The van der Waals surface area contributed by atoms with E-state index in [0.29, 0.717) is 19.2 Å². The molecule has 1 unspecified atom stereocenters. The number of benzene rings is 2. The maximum Gasteiger partial charge on any atom is 0.181 e. The quantitative estimate of drug-likeness (QED) is 0.451. The number of nitrogens with zero attached hydrogens (tertiary/aromatic N) is 6. The van der Waals surface area contributed by atoms with E-state index in [9.17, 15) is 4.39 Å². The lowest BCUT2D eigenvalue weighted by Gasteiger charge is -2.24. The van der Waals surface area contributed by atoms with Crippen molar-refractivity contribution in [1.82, 2.24) is 29.8 Å². The van der Waals surface area contributed by atoms with Crippen LogP contribution in [0, 0.1) is 12.7 Å². The molecule has 0 bridgehead atoms. The van der Waals surface area contributed by atoms with Crippen LogP contribution in [0.3, 0.4) is 0 Å². The summed E-state index contributed by atoms with van der Waals surface area (Å²) < 4.78 is 20.9. The lowest BCUT2D eigenvalue weighted by molar-refractivity contribution is 0.194. The lowest BCUT2D eigenvalue weighted by atomic mass is 10.1. The average Bonchev–Trinajstić information content (AvgIpc) is 3.59. The van der Waals surface area contributed by atoms with E-state index in [2.05, 4.69) is 25.2 Å². The number of fused-ring (bicyclic) bond motifs is 1. The Kier molecular flexibility index (Phi) is 4.62. The van der Waals surface area contributed by atoms with Crippen LogP contribution in [0.4, 0.5) is 10.2 Å². The van der Waals surface area contributed by atoms with Gasteiger partial charge in [-0.2, -0.15) is 10.2 Å². The Balaban J connectivity index is 1.34. The summed E-state index contributed by atoms with van der Waals surface area (Å²) in [6.45, 7) is 2.81. The minimum absolute atomic E-state index is 0.0315. The number of nitrogens with one attached hydrogen (secondary N) is 1. The van der Waals surface area contributed by atoms with Gasteiger partial charge in [-0.3, -0.25) is 5.10 Å². The van der Waals surface area contributed by atoms with Gasteiger partial charge in [0.2, 0.25) is 0 Å². The van der Waals surface area contributed by atoms with Crippen molar-refractivity contribution < 1.29 is 9.13 Å². The smallest absolute Gasteiger partial charge is 0.181 e. The van der Waals surface area contributed by atoms with E-state index >= 15 is 0 Å². The van der Waals surface area contributed by atoms with Gasteiger partial charge in [0.05, 0.1) is 18.8 Å². The summed E-state index contributed by atoms with van der Waals surface area (Å²) in [5.74, 6) is 1.97. The van der Waals surface area contributed by atoms with Crippen LogP contribution in [-0.2, 0) is 4.74 Å². The topological polar surface area (TPSA) is 84.2 Å². The molecule has 0 amide bonds. The van der Waals surface area contributed by atoms with Crippen LogP contribution in [0.25, 0.3) is 28.2 Å². The number of aryl methyl sites for hydroxylation is 1. The molecule has 164 valence electrons. The molecule has 8 nitrogen and oxygen atoms in total. The third-order valence-corrected chi connectivity index (χ3v) is 5.84. The zero-order valence-electron chi connectivity index (χ0n) is 17.8. The van der Waals surface area contributed by atoms with Crippen LogP contribution in [0.5, 0.6) is 0 Å². The first-order chi connectivity index (χ1) is 16.2. The molecule has 1 atom stereocenters. The summed E-state index contributed by atoms with van der Waals surface area (Å²) in [4.78, 5) is 11.4. The van der Waals surface area contributed by atoms with Crippen molar-refractivity contribution in [3.05, 3.63) is 84.2 Å². The number of hydrogen-bond donors (Lipinski definition) is 1. The molecule has 0 saturated carbocycles. The zero-order chi connectivity index (χ0) is 22.4. The van der Waals surface area contributed by atoms with Crippen molar-refractivity contribution in [2.45, 2.75) is 13.0 Å². The average molecular weight is 441 g/mol. The maximum atomic E-state index is 13.4. The second kappa shape index (κ2) is 7.79. The second-order valence-electron chi connectivity index (χ2n) is 7.97. The minimum Gasteiger partial charge on any atom is -0.359 e. The van der Waals surface area contributed by atoms with E-state index in [-0.39, 0.29) is 11.9 Å². The van der Waals surface area contributed by atoms with Crippen LogP contribution in [0.1, 0.15) is 17.4 Å². The summed E-state index contributed by atoms with van der Waals surface area (Å²) in [7, 11) is 0. The largest absolute Gasteiger partial charge is 0.359 e. The number of rotatable bonds is 4. The fraction of sp³-hybridized carbons (Fsp3) is 0.167. The first kappa shape index (κ1) is 19.6. The molecule has 1 N–H and O–H groups in total. The summed E-state index contributed by atoms with van der Waals surface area (Å²) in [5, 5.41) is 11.6. The molecule has 1 aliphatic heterocycles. The Labute approximate surface area is 188 Å². The number of anilines is 1. The van der Waals surface area contributed by atoms with Crippen LogP contribution in [-0.4, -0.2) is 43.1 Å². The molecule has 9 heteroatoms. The molecule has 1 fully saturated rings. The highest BCUT2D eigenvalue weighted by Crippen LogP contribution is 2.32. The SMILES string of the molecule is Cc1nc(-c2ccc(-c3cnn4ccc(N5COCC5c5ccc(F)cc5)nc34)cc2)n[nH]1. The third kappa shape index (κ3) is 3.52. The predicted molar refractivity (Wildman–Crippen MR) is 121 cm³/mol. The van der Waals surface area contributed by atoms with Crippen molar-refractivity contribution in [2.75, 3.05) is 18.2 Å². The molecule has 0 radical (unpaired) electrons. The number of H-pyrrole nitrogens is 1. The monoisotopic (exact) mass is 441 g/mol. The Morgan fingerprint density at radius 2 is 1.79 bits per heavy atom. The van der Waals surface area contributed by atoms with E-state index in [1.165, 1.54) is 12.1 Å². The number of aromatic nitrogens is 6. The molecule has 5 aromatic rings. The van der Waals surface area contributed by atoms with Gasteiger partial charge in [0.25, 0.3) is 0 Å². The summed E-state index contributed by atoms with van der Waals surface area (Å²) in [6.07, 6.45) is 3.71. The fourth-order valence-corrected chi connectivity index (χ4v) is 4.12. The van der Waals surface area contributed by atoms with Crippen molar-refractivity contribution in [2.24, 2.45) is 0 Å². The minimum atomic E-state index is -0.253. The van der Waals surface area contributed by atoms with Gasteiger partial charge in [0.1, 0.15) is 24.2 Å². The molecule has 0 aliphatic carbocycles. The molecule has 6 rings (SSSR count). The first-order valence-electron chi connectivity index (χ1n) is 10.6. The highest BCUT2D eigenvalue weighted by Gasteiger charge is 2.28. The van der Waals surface area contributed by atoms with Crippen molar-refractivity contribution in [1.29, 1.82) is 0 Å². The maximum absolute atomic E-state index is 13.4. The van der Waals surface area contributed by atoms with Gasteiger partial charge in [0, 0.05) is 17.3 Å². The Morgan fingerprint density at radius 3 is 2.55 bits per heavy atom. The second-order valence-corrected chi connectivity index (χ2v) is 7.97. The number of aromatic amines is 1. The van der Waals surface area contributed by atoms with E-state index in [0.717, 1.165) is 39.5 Å². The van der Waals surface area contributed by atoms with Gasteiger partial charge in [-0.15, -0.1) is 0 Å². The summed E-state index contributed by atoms with van der Waals surface area (Å²) in [6, 6.07) is 16.4. The van der Waals surface area contributed by atoms with Gasteiger partial charge >= 0.3 is 0 Å². The Morgan fingerprint density at radius 1 is 1.00 bits per heavy atom. The van der Waals surface area contributed by atoms with Gasteiger partial charge < -0.3 is 9.64 Å². The van der Waals surface area contributed by atoms with Crippen LogP contribution < -0.4 is 4.90 Å². The number of ether oxygens (including phenoxy) is 1. The molecule has 33 heavy (non-hydrogen) atoms. The normalized spacial score (nSPS) is 16.1. The van der Waals surface area contributed by atoms with Gasteiger partial charge in [0.15, 0.2) is 11.5 Å². The Hall–Kier alpha value is -4.11. The highest BCUT2D eigenvalue weighted by molar-refractivity contribution is 5.79. The van der Waals surface area contributed by atoms with E-state index < -0.39 is 0 Å². The van der Waals surface area contributed by atoms with E-state index in [4.69, 9.17) is 9.72 Å². The van der Waals surface area contributed by atoms with Crippen molar-refractivity contribution >= 4 is 11.5 Å². The first-order valence-corrected chi connectivity index (χ1v) is 10.6. The molecule has 1 aliphatic rings. The zero-order valence-corrected chi connectivity index (χ0v) is 17.8. The van der Waals surface area contributed by atoms with Crippen molar-refractivity contribution in [3.63, 3.8) is 0 Å². The van der Waals surface area contributed by atoms with Crippen LogP contribution >= 0.6 is 0 Å². The summed E-state index contributed by atoms with van der Waals surface area (Å²) in [5.41, 5.74) is 4.59. The van der Waals surface area contributed by atoms with Gasteiger partial charge in [-0.25, -0.2) is 18.9 Å². The van der Waals surface area contributed by atoms with E-state index in [1.807, 2.05) is 49.6 Å². The van der Waals surface area contributed by atoms with Gasteiger partial charge in [-0.05, 0) is 36.2 Å². The lowest BCUT2D eigenvalue weighted by Crippen LogP contribution is -2.24. The molecule has 3 aromatic heterocycles. The standard InChI is InChI=1S/C24H20FN7O/c1-15-27-23(30-29-15)18-4-2-16(3-5-18)20-12-26-32-11-10-22(28-24(20)32)31-14-33-13-21(31)17-6-8-19(25)9-7-17/h2-12,21H,13-14H2,1H3,(H,27,29,30). The molecule has 2 aromatic carbocycles. The van der Waals surface area contributed by atoms with Crippen LogP contribution in [0.15, 0.2) is 67.0 Å². The molecular formula is C24H20FN7O. The fourth-order valence-electron chi connectivity index (χ4n) is 4.12. The van der Waals surface area contributed by atoms with Crippen molar-refractivity contribution in [3.8, 4) is 22.5 Å². The van der Waals surface area contributed by atoms with E-state index in [1.54, 1.807) is 16.6 Å². The van der Waals surface area contributed by atoms with Gasteiger partial charge in [-0.1, -0.05) is 36.4 Å². The Bertz CT molecular complexity index is 1430. The molecule has 4 heterocycles. The molecular weight excluding hydrogens is 421 g/mol. The summed E-state index contributed by atoms with van der Waals surface area (Å²) >= 11 is 0. The van der Waals surface area contributed by atoms with Crippen LogP contribution in [0.2, 0.25) is 0 Å². The molecule has 1 saturated heterocycles. The number of hydrogen-bond acceptors (Lipinski definition) is 6. The molecule has 0 spiro atoms.